The highest BCUT2D eigenvalue weighted by atomic mass is 35.5. The summed E-state index contributed by atoms with van der Waals surface area (Å²) in [6.45, 7) is 0.825. The van der Waals surface area contributed by atoms with E-state index in [1.807, 2.05) is 4.90 Å². The Kier molecular flexibility index (Phi) is 5.69. The number of tetrazole rings is 1. The van der Waals surface area contributed by atoms with Crippen LogP contribution in [0.2, 0.25) is 10.0 Å². The van der Waals surface area contributed by atoms with E-state index < -0.39 is 12.5 Å². The van der Waals surface area contributed by atoms with E-state index in [4.69, 9.17) is 32.8 Å². The Morgan fingerprint density at radius 2 is 2.00 bits per heavy atom. The Balaban J connectivity index is 1.40. The zero-order chi connectivity index (χ0) is 21.3. The lowest BCUT2D eigenvalue weighted by Crippen LogP contribution is -2.36. The summed E-state index contributed by atoms with van der Waals surface area (Å²) in [6, 6.07) is 6.73. The molecule has 0 atom stereocenters. The van der Waals surface area contributed by atoms with Crippen LogP contribution in [-0.2, 0) is 11.3 Å². The van der Waals surface area contributed by atoms with Crippen LogP contribution in [0.25, 0.3) is 11.6 Å². The number of halogens is 2. The van der Waals surface area contributed by atoms with Gasteiger partial charge in [0.1, 0.15) is 0 Å². The van der Waals surface area contributed by atoms with Crippen LogP contribution in [0.3, 0.4) is 0 Å². The molecule has 12 heteroatoms. The summed E-state index contributed by atoms with van der Waals surface area (Å²) >= 11 is 12.2. The maximum absolute atomic E-state index is 12.8. The molecule has 1 aliphatic heterocycles. The van der Waals surface area contributed by atoms with Crippen molar-refractivity contribution in [2.45, 2.75) is 19.4 Å². The number of benzene rings is 1. The second-order valence-corrected chi connectivity index (χ2v) is 7.60. The molecule has 0 unspecified atom stereocenters. The largest absolute Gasteiger partial charge is 0.480 e. The Hall–Kier alpha value is -2.98. The number of hydrogen-bond acceptors (Lipinski definition) is 8. The van der Waals surface area contributed by atoms with E-state index in [9.17, 15) is 9.59 Å². The van der Waals surface area contributed by atoms with E-state index in [-0.39, 0.29) is 28.3 Å². The molecule has 0 aliphatic carbocycles. The highest BCUT2D eigenvalue weighted by Crippen LogP contribution is 2.31. The van der Waals surface area contributed by atoms with Gasteiger partial charge in [-0.05, 0) is 30.2 Å². The molecule has 1 aliphatic rings. The Bertz CT molecular complexity index is 1090. The van der Waals surface area contributed by atoms with Gasteiger partial charge in [-0.2, -0.15) is 4.80 Å². The van der Waals surface area contributed by atoms with Gasteiger partial charge in [0, 0.05) is 30.6 Å². The van der Waals surface area contributed by atoms with Crippen LogP contribution < -0.4 is 4.90 Å². The zero-order valence-corrected chi connectivity index (χ0v) is 17.0. The molecule has 2 aromatic heterocycles. The number of piperidine rings is 1. The second kappa shape index (κ2) is 8.41. The van der Waals surface area contributed by atoms with Crippen molar-refractivity contribution in [2.24, 2.45) is 5.92 Å². The van der Waals surface area contributed by atoms with Crippen molar-refractivity contribution < 1.29 is 19.2 Å². The Labute approximate surface area is 180 Å². The lowest BCUT2D eigenvalue weighted by Gasteiger charge is -2.31. The number of anilines is 1. The standard InChI is InChI=1S/C18H16Cl2N6O4/c19-12-3-1-2-11(16(12)20)17(29)10-4-6-25(7-5-10)14-8-13(30-23-14)18-21-24-26(22-18)9-15(27)28/h1-3,8,10H,4-7,9H2,(H,27,28). The number of nitrogens with zero attached hydrogens (tertiary/aromatic N) is 6. The summed E-state index contributed by atoms with van der Waals surface area (Å²) in [5.74, 6) is -0.218. The number of carboxylic acid groups (broad SMARTS) is 1. The van der Waals surface area contributed by atoms with Crippen molar-refractivity contribution in [3.05, 3.63) is 39.9 Å². The first-order valence-electron chi connectivity index (χ1n) is 9.12. The first-order valence-corrected chi connectivity index (χ1v) is 9.88. The topological polar surface area (TPSA) is 127 Å². The third-order valence-electron chi connectivity index (χ3n) is 4.85. The third-order valence-corrected chi connectivity index (χ3v) is 5.67. The van der Waals surface area contributed by atoms with Gasteiger partial charge in [-0.1, -0.05) is 34.4 Å². The minimum absolute atomic E-state index is 0.0118. The average Bonchev–Trinajstić information content (AvgIpc) is 3.39. The van der Waals surface area contributed by atoms with Crippen LogP contribution in [0.15, 0.2) is 28.8 Å². The average molecular weight is 451 g/mol. The lowest BCUT2D eigenvalue weighted by molar-refractivity contribution is -0.138. The first kappa shape index (κ1) is 20.3. The predicted molar refractivity (Wildman–Crippen MR) is 107 cm³/mol. The molecule has 0 saturated carbocycles. The molecule has 4 rings (SSSR count). The molecule has 0 bridgehead atoms. The van der Waals surface area contributed by atoms with Crippen LogP contribution in [0.4, 0.5) is 5.82 Å². The second-order valence-electron chi connectivity index (χ2n) is 6.81. The molecular formula is C18H16Cl2N6O4. The summed E-state index contributed by atoms with van der Waals surface area (Å²) < 4.78 is 5.28. The maximum Gasteiger partial charge on any atom is 0.327 e. The number of aromatic nitrogens is 5. The fraction of sp³-hybridized carbons (Fsp3) is 0.333. The maximum atomic E-state index is 12.8. The molecule has 0 spiro atoms. The highest BCUT2D eigenvalue weighted by Gasteiger charge is 2.29. The third kappa shape index (κ3) is 4.14. The molecule has 156 valence electrons. The molecule has 1 N–H and O–H groups in total. The number of rotatable bonds is 6. The molecule has 0 radical (unpaired) electrons. The van der Waals surface area contributed by atoms with Gasteiger partial charge < -0.3 is 14.5 Å². The van der Waals surface area contributed by atoms with Gasteiger partial charge in [-0.15, -0.1) is 10.2 Å². The lowest BCUT2D eigenvalue weighted by atomic mass is 9.89. The fourth-order valence-corrected chi connectivity index (χ4v) is 3.73. The van der Waals surface area contributed by atoms with Crippen LogP contribution >= 0.6 is 23.2 Å². The number of Topliss-reactive ketones (excluding diaryl/α,β-unsaturated/α-hetero) is 1. The van der Waals surface area contributed by atoms with Gasteiger partial charge >= 0.3 is 5.97 Å². The number of ketones is 1. The number of hydrogen-bond donors (Lipinski definition) is 1. The molecule has 3 aromatic rings. The minimum Gasteiger partial charge on any atom is -0.480 e. The van der Waals surface area contributed by atoms with Gasteiger partial charge in [0.15, 0.2) is 18.1 Å². The summed E-state index contributed by atoms with van der Waals surface area (Å²) in [5.41, 5.74) is 0.446. The van der Waals surface area contributed by atoms with Crippen molar-refractivity contribution in [1.29, 1.82) is 0 Å². The van der Waals surface area contributed by atoms with Crippen molar-refractivity contribution >= 4 is 40.8 Å². The number of aliphatic carboxylic acids is 1. The molecular weight excluding hydrogens is 435 g/mol. The van der Waals surface area contributed by atoms with Crippen molar-refractivity contribution in [1.82, 2.24) is 25.4 Å². The smallest absolute Gasteiger partial charge is 0.327 e. The summed E-state index contributed by atoms with van der Waals surface area (Å²) in [5, 5.41) is 24.9. The zero-order valence-electron chi connectivity index (χ0n) is 15.5. The van der Waals surface area contributed by atoms with Crippen LogP contribution in [0, 0.1) is 5.92 Å². The van der Waals surface area contributed by atoms with E-state index in [0.29, 0.717) is 42.3 Å². The van der Waals surface area contributed by atoms with E-state index in [0.717, 1.165) is 4.80 Å². The predicted octanol–water partition coefficient (Wildman–Crippen LogP) is 2.82. The summed E-state index contributed by atoms with van der Waals surface area (Å²) in [6.07, 6.45) is 1.27. The molecule has 30 heavy (non-hydrogen) atoms. The fourth-order valence-electron chi connectivity index (χ4n) is 3.33. The molecule has 3 heterocycles. The van der Waals surface area contributed by atoms with Gasteiger partial charge in [0.25, 0.3) is 0 Å². The van der Waals surface area contributed by atoms with Crippen molar-refractivity contribution in [3.8, 4) is 11.6 Å². The van der Waals surface area contributed by atoms with E-state index in [1.54, 1.807) is 24.3 Å². The normalized spacial score (nSPS) is 14.8. The molecule has 0 amide bonds. The van der Waals surface area contributed by atoms with Gasteiger partial charge in [-0.25, -0.2) is 0 Å². The monoisotopic (exact) mass is 450 g/mol. The van der Waals surface area contributed by atoms with Crippen molar-refractivity contribution in [3.63, 3.8) is 0 Å². The van der Waals surface area contributed by atoms with E-state index in [2.05, 4.69) is 20.6 Å². The van der Waals surface area contributed by atoms with Crippen LogP contribution in [-0.4, -0.2) is 55.3 Å². The number of carbonyl (C=O) groups is 2. The van der Waals surface area contributed by atoms with Gasteiger partial charge in [0.05, 0.1) is 10.0 Å². The number of carbonyl (C=O) groups excluding carboxylic acids is 1. The SMILES string of the molecule is O=C(O)Cn1nnc(-c2cc(N3CCC(C(=O)c4cccc(Cl)c4Cl)CC3)no2)n1. The molecule has 1 saturated heterocycles. The molecule has 10 nitrogen and oxygen atoms in total. The van der Waals surface area contributed by atoms with E-state index >= 15 is 0 Å². The molecule has 1 fully saturated rings. The Morgan fingerprint density at radius 3 is 2.73 bits per heavy atom. The first-order chi connectivity index (χ1) is 14.4. The van der Waals surface area contributed by atoms with Gasteiger partial charge in [-0.3, -0.25) is 9.59 Å². The van der Waals surface area contributed by atoms with Crippen LogP contribution in [0.5, 0.6) is 0 Å². The highest BCUT2D eigenvalue weighted by molar-refractivity contribution is 6.44. The molecule has 1 aromatic carbocycles. The quantitative estimate of drug-likeness (QED) is 0.563. The summed E-state index contributed by atoms with van der Waals surface area (Å²) in [4.78, 5) is 26.5. The number of carboxylic acids is 1. The van der Waals surface area contributed by atoms with E-state index in [1.165, 1.54) is 0 Å². The Morgan fingerprint density at radius 1 is 1.23 bits per heavy atom. The minimum atomic E-state index is -1.08. The van der Waals surface area contributed by atoms with Crippen LogP contribution in [0.1, 0.15) is 23.2 Å². The van der Waals surface area contributed by atoms with Gasteiger partial charge in [0.2, 0.25) is 11.6 Å². The summed E-state index contributed by atoms with van der Waals surface area (Å²) in [7, 11) is 0. The van der Waals surface area contributed by atoms with Crippen molar-refractivity contribution in [2.75, 3.05) is 18.0 Å².